The molecule has 0 bridgehead atoms. The molecule has 0 heterocycles. The van der Waals surface area contributed by atoms with Crippen LogP contribution in [0.4, 0.5) is 0 Å². The van der Waals surface area contributed by atoms with Crippen molar-refractivity contribution in [2.24, 2.45) is 5.73 Å². The van der Waals surface area contributed by atoms with Gasteiger partial charge >= 0.3 is 0 Å². The van der Waals surface area contributed by atoms with Crippen molar-refractivity contribution in [2.45, 2.75) is 13.3 Å². The molecule has 4 heteroatoms. The smallest absolute Gasteiger partial charge is 0.189 e. The van der Waals surface area contributed by atoms with Crippen molar-refractivity contribution in [2.75, 3.05) is 19.9 Å². The molecule has 0 amide bonds. The number of hydrogen-bond donors (Lipinski definition) is 1. The Morgan fingerprint density at radius 1 is 1.40 bits per heavy atom. The molecule has 0 aliphatic heterocycles. The summed E-state index contributed by atoms with van der Waals surface area (Å²) in [6.45, 7) is 3.49. The van der Waals surface area contributed by atoms with E-state index in [2.05, 4.69) is 15.9 Å². The summed E-state index contributed by atoms with van der Waals surface area (Å²) < 4.78 is 11.7. The van der Waals surface area contributed by atoms with Gasteiger partial charge in [0.2, 0.25) is 0 Å². The second kappa shape index (κ2) is 6.82. The third-order valence-corrected chi connectivity index (χ3v) is 2.43. The molecule has 1 aromatic carbocycles. The molecule has 2 N–H and O–H groups in total. The lowest BCUT2D eigenvalue weighted by Gasteiger charge is -2.11. The molecule has 0 aliphatic carbocycles. The second-order valence-corrected chi connectivity index (χ2v) is 3.96. The van der Waals surface area contributed by atoms with Crippen molar-refractivity contribution in [3.05, 3.63) is 28.2 Å². The van der Waals surface area contributed by atoms with Crippen LogP contribution in [0.5, 0.6) is 5.75 Å². The highest BCUT2D eigenvalue weighted by atomic mass is 79.9. The minimum Gasteiger partial charge on any atom is -0.467 e. The van der Waals surface area contributed by atoms with Crippen LogP contribution in [0.3, 0.4) is 0 Å². The highest BCUT2D eigenvalue weighted by molar-refractivity contribution is 9.10. The van der Waals surface area contributed by atoms with Gasteiger partial charge in [-0.2, -0.15) is 0 Å². The van der Waals surface area contributed by atoms with Crippen LogP contribution in [0, 0.1) is 0 Å². The van der Waals surface area contributed by atoms with Gasteiger partial charge in [-0.25, -0.2) is 0 Å². The summed E-state index contributed by atoms with van der Waals surface area (Å²) in [6.07, 6.45) is 0.806. The molecule has 0 radical (unpaired) electrons. The fourth-order valence-electron chi connectivity index (χ4n) is 1.23. The number of rotatable bonds is 6. The third kappa shape index (κ3) is 4.20. The van der Waals surface area contributed by atoms with Crippen LogP contribution in [-0.2, 0) is 11.2 Å². The van der Waals surface area contributed by atoms with Crippen molar-refractivity contribution in [1.29, 1.82) is 0 Å². The molecule has 0 fully saturated rings. The first-order chi connectivity index (χ1) is 7.27. The van der Waals surface area contributed by atoms with Crippen LogP contribution < -0.4 is 10.5 Å². The molecular weight excluding hydrogens is 258 g/mol. The Morgan fingerprint density at radius 3 is 2.87 bits per heavy atom. The zero-order valence-corrected chi connectivity index (χ0v) is 10.4. The van der Waals surface area contributed by atoms with Gasteiger partial charge in [0.1, 0.15) is 5.75 Å². The molecule has 0 saturated carbocycles. The second-order valence-electron chi connectivity index (χ2n) is 3.05. The molecule has 1 aromatic rings. The number of nitrogens with two attached hydrogens (primary N) is 1. The highest BCUT2D eigenvalue weighted by Gasteiger charge is 2.03. The number of halogens is 1. The lowest BCUT2D eigenvalue weighted by Crippen LogP contribution is -2.07. The van der Waals surface area contributed by atoms with Gasteiger partial charge in [-0.15, -0.1) is 0 Å². The van der Waals surface area contributed by atoms with E-state index in [1.807, 2.05) is 25.1 Å². The fraction of sp³-hybridized carbons (Fsp3) is 0.455. The first-order valence-corrected chi connectivity index (χ1v) is 5.76. The summed E-state index contributed by atoms with van der Waals surface area (Å²) >= 11 is 3.42. The van der Waals surface area contributed by atoms with Crippen LogP contribution in [0.25, 0.3) is 0 Å². The van der Waals surface area contributed by atoms with Gasteiger partial charge in [-0.3, -0.25) is 0 Å². The molecule has 0 aromatic heterocycles. The topological polar surface area (TPSA) is 44.5 Å². The molecule has 15 heavy (non-hydrogen) atoms. The van der Waals surface area contributed by atoms with E-state index < -0.39 is 0 Å². The van der Waals surface area contributed by atoms with Gasteiger partial charge in [0.25, 0.3) is 0 Å². The molecule has 0 aliphatic rings. The van der Waals surface area contributed by atoms with Crippen LogP contribution in [0.15, 0.2) is 22.7 Å². The maximum atomic E-state index is 5.53. The predicted molar refractivity (Wildman–Crippen MR) is 64.0 cm³/mol. The number of benzene rings is 1. The Balaban J connectivity index is 2.67. The lowest BCUT2D eigenvalue weighted by atomic mass is 10.1. The van der Waals surface area contributed by atoms with Crippen LogP contribution >= 0.6 is 15.9 Å². The van der Waals surface area contributed by atoms with E-state index in [9.17, 15) is 0 Å². The largest absolute Gasteiger partial charge is 0.467 e. The first kappa shape index (κ1) is 12.5. The van der Waals surface area contributed by atoms with E-state index in [-0.39, 0.29) is 6.79 Å². The summed E-state index contributed by atoms with van der Waals surface area (Å²) in [5.41, 5.74) is 6.64. The Labute approximate surface area is 98.7 Å². The zero-order valence-electron chi connectivity index (χ0n) is 8.83. The quantitative estimate of drug-likeness (QED) is 0.639. The van der Waals surface area contributed by atoms with Crippen LogP contribution in [-0.4, -0.2) is 19.9 Å². The minimum atomic E-state index is 0.287. The van der Waals surface area contributed by atoms with Crippen molar-refractivity contribution in [3.63, 3.8) is 0 Å². The van der Waals surface area contributed by atoms with Gasteiger partial charge < -0.3 is 15.2 Å². The van der Waals surface area contributed by atoms with Crippen molar-refractivity contribution < 1.29 is 9.47 Å². The van der Waals surface area contributed by atoms with Gasteiger partial charge in [-0.05, 0) is 43.7 Å². The SMILES string of the molecule is CCOCOc1ccc(Br)cc1CCN. The zero-order chi connectivity index (χ0) is 11.1. The van der Waals surface area contributed by atoms with Crippen LogP contribution in [0.2, 0.25) is 0 Å². The summed E-state index contributed by atoms with van der Waals surface area (Å²) in [5, 5.41) is 0. The standard InChI is InChI=1S/C11H16BrNO2/c1-2-14-8-15-11-4-3-10(12)7-9(11)5-6-13/h3-4,7H,2,5-6,8,13H2,1H3. The van der Waals surface area contributed by atoms with Crippen molar-refractivity contribution >= 4 is 15.9 Å². The van der Waals surface area contributed by atoms with E-state index in [0.717, 1.165) is 22.2 Å². The summed E-state index contributed by atoms with van der Waals surface area (Å²) in [7, 11) is 0. The van der Waals surface area contributed by atoms with Gasteiger partial charge in [0.15, 0.2) is 6.79 Å². The number of hydrogen-bond acceptors (Lipinski definition) is 3. The molecule has 0 atom stereocenters. The fourth-order valence-corrected chi connectivity index (χ4v) is 1.64. The monoisotopic (exact) mass is 273 g/mol. The summed E-state index contributed by atoms with van der Waals surface area (Å²) in [5.74, 6) is 0.845. The Hall–Kier alpha value is -0.580. The minimum absolute atomic E-state index is 0.287. The van der Waals surface area contributed by atoms with Crippen LogP contribution in [0.1, 0.15) is 12.5 Å². The normalized spacial score (nSPS) is 10.3. The predicted octanol–water partition coefficient (Wildman–Crippen LogP) is 2.32. The van der Waals surface area contributed by atoms with Gasteiger partial charge in [0.05, 0.1) is 0 Å². The van der Waals surface area contributed by atoms with E-state index in [4.69, 9.17) is 15.2 Å². The molecule has 84 valence electrons. The molecule has 3 nitrogen and oxygen atoms in total. The third-order valence-electron chi connectivity index (χ3n) is 1.94. The lowest BCUT2D eigenvalue weighted by molar-refractivity contribution is 0.0218. The Morgan fingerprint density at radius 2 is 2.20 bits per heavy atom. The molecule has 0 spiro atoms. The molecular formula is C11H16BrNO2. The number of ether oxygens (including phenoxy) is 2. The van der Waals surface area contributed by atoms with Crippen molar-refractivity contribution in [3.8, 4) is 5.75 Å². The van der Waals surface area contributed by atoms with Crippen molar-refractivity contribution in [1.82, 2.24) is 0 Å². The maximum Gasteiger partial charge on any atom is 0.189 e. The average Bonchev–Trinajstić information content (AvgIpc) is 2.22. The summed E-state index contributed by atoms with van der Waals surface area (Å²) in [6, 6.07) is 5.89. The van der Waals surface area contributed by atoms with E-state index in [1.165, 1.54) is 0 Å². The molecule has 0 unspecified atom stereocenters. The Bertz CT molecular complexity index is 305. The average molecular weight is 274 g/mol. The van der Waals surface area contributed by atoms with E-state index in [0.29, 0.717) is 13.2 Å². The summed E-state index contributed by atoms with van der Waals surface area (Å²) in [4.78, 5) is 0. The molecule has 0 saturated heterocycles. The highest BCUT2D eigenvalue weighted by Crippen LogP contribution is 2.23. The van der Waals surface area contributed by atoms with Gasteiger partial charge in [0, 0.05) is 11.1 Å². The van der Waals surface area contributed by atoms with E-state index in [1.54, 1.807) is 0 Å². The Kier molecular flexibility index (Phi) is 5.68. The maximum absolute atomic E-state index is 5.53. The first-order valence-electron chi connectivity index (χ1n) is 4.97. The van der Waals surface area contributed by atoms with E-state index >= 15 is 0 Å². The molecule has 1 rings (SSSR count). The van der Waals surface area contributed by atoms with Gasteiger partial charge in [-0.1, -0.05) is 15.9 Å².